The van der Waals surface area contributed by atoms with Crippen molar-refractivity contribution in [2.24, 2.45) is 0 Å². The van der Waals surface area contributed by atoms with Gasteiger partial charge in [-0.1, -0.05) is 12.1 Å². The van der Waals surface area contributed by atoms with E-state index in [0.717, 1.165) is 49.6 Å². The van der Waals surface area contributed by atoms with E-state index in [1.54, 1.807) is 12.4 Å². The molecule has 1 aliphatic rings. The van der Waals surface area contributed by atoms with Crippen LogP contribution in [0, 0.1) is 6.92 Å². The van der Waals surface area contributed by atoms with Crippen LogP contribution in [0.5, 0.6) is 5.75 Å². The minimum Gasteiger partial charge on any atom is -0.491 e. The van der Waals surface area contributed by atoms with E-state index in [0.29, 0.717) is 24.6 Å². The summed E-state index contributed by atoms with van der Waals surface area (Å²) in [5.41, 5.74) is 5.87. The third-order valence-corrected chi connectivity index (χ3v) is 6.66. The van der Waals surface area contributed by atoms with Gasteiger partial charge in [0.2, 0.25) is 0 Å². The molecular weight excluding hydrogens is 422 g/mol. The molecule has 3 aromatic heterocycles. The molecule has 0 saturated carbocycles. The maximum Gasteiger partial charge on any atom is 0.264 e. The number of aromatic nitrogens is 4. The van der Waals surface area contributed by atoms with Crippen molar-refractivity contribution in [2.45, 2.75) is 13.5 Å². The van der Waals surface area contributed by atoms with Gasteiger partial charge in [0.05, 0.1) is 22.5 Å². The van der Waals surface area contributed by atoms with Crippen LogP contribution in [0.15, 0.2) is 54.9 Å². The molecule has 0 unspecified atom stereocenters. The first kappa shape index (κ1) is 18.9. The van der Waals surface area contributed by atoms with Gasteiger partial charge in [-0.2, -0.15) is 0 Å². The lowest BCUT2D eigenvalue weighted by Crippen LogP contribution is -2.31. The number of hydrogen-bond acceptors (Lipinski definition) is 6. The Hall–Kier alpha value is -3.78. The summed E-state index contributed by atoms with van der Waals surface area (Å²) >= 11 is 1.38. The van der Waals surface area contributed by atoms with Crippen molar-refractivity contribution in [3.8, 4) is 16.9 Å². The van der Waals surface area contributed by atoms with Crippen LogP contribution in [0.3, 0.4) is 0 Å². The number of thiophene rings is 1. The van der Waals surface area contributed by atoms with Crippen LogP contribution in [0.4, 0.5) is 0 Å². The van der Waals surface area contributed by atoms with Gasteiger partial charge < -0.3 is 14.6 Å². The van der Waals surface area contributed by atoms with Crippen LogP contribution in [0.1, 0.15) is 21.1 Å². The van der Waals surface area contributed by atoms with E-state index in [2.05, 4.69) is 44.2 Å². The zero-order valence-electron chi connectivity index (χ0n) is 17.3. The van der Waals surface area contributed by atoms with E-state index in [4.69, 9.17) is 4.74 Å². The molecule has 2 aromatic carbocycles. The Balaban J connectivity index is 1.32. The highest BCUT2D eigenvalue weighted by Crippen LogP contribution is 2.32. The monoisotopic (exact) mass is 441 g/mol. The summed E-state index contributed by atoms with van der Waals surface area (Å²) in [6.07, 6.45) is 3.29. The van der Waals surface area contributed by atoms with Gasteiger partial charge in [-0.05, 0) is 48.4 Å². The van der Waals surface area contributed by atoms with Gasteiger partial charge in [0.15, 0.2) is 0 Å². The van der Waals surface area contributed by atoms with E-state index in [9.17, 15) is 4.79 Å². The molecule has 0 fully saturated rings. The number of amides is 1. The van der Waals surface area contributed by atoms with Crippen molar-refractivity contribution >= 4 is 38.6 Å². The number of carbonyl (C=O) groups is 1. The molecule has 32 heavy (non-hydrogen) atoms. The number of benzene rings is 2. The molecule has 0 bridgehead atoms. The van der Waals surface area contributed by atoms with Crippen molar-refractivity contribution < 1.29 is 9.53 Å². The number of fused-ring (bicyclic) bond motifs is 3. The van der Waals surface area contributed by atoms with E-state index >= 15 is 0 Å². The van der Waals surface area contributed by atoms with Crippen LogP contribution < -0.4 is 4.74 Å². The predicted octanol–water partition coefficient (Wildman–Crippen LogP) is 4.58. The summed E-state index contributed by atoms with van der Waals surface area (Å²) in [6, 6.07) is 14.2. The Bertz CT molecular complexity index is 1460. The maximum absolute atomic E-state index is 13.2. The summed E-state index contributed by atoms with van der Waals surface area (Å²) in [7, 11) is 0. The fourth-order valence-corrected chi connectivity index (χ4v) is 5.02. The molecule has 4 heterocycles. The van der Waals surface area contributed by atoms with E-state index in [1.165, 1.54) is 11.3 Å². The molecule has 6 rings (SSSR count). The molecule has 8 heteroatoms. The Morgan fingerprint density at radius 3 is 2.81 bits per heavy atom. The van der Waals surface area contributed by atoms with Crippen molar-refractivity contribution in [3.63, 3.8) is 0 Å². The smallest absolute Gasteiger partial charge is 0.264 e. The Labute approximate surface area is 187 Å². The summed E-state index contributed by atoms with van der Waals surface area (Å²) < 4.78 is 5.96. The number of nitrogens with one attached hydrogen (secondary N) is 1. The van der Waals surface area contributed by atoms with Gasteiger partial charge in [-0.25, -0.2) is 9.97 Å². The first-order chi connectivity index (χ1) is 15.6. The quantitative estimate of drug-likeness (QED) is 0.434. The fraction of sp³-hybridized carbons (Fsp3) is 0.167. The third kappa shape index (κ3) is 3.29. The van der Waals surface area contributed by atoms with Gasteiger partial charge in [-0.3, -0.25) is 9.78 Å². The van der Waals surface area contributed by atoms with E-state index in [-0.39, 0.29) is 5.91 Å². The standard InChI is InChI=1S/C24H19N5O2S/c1-14-27-18-4-2-16(11-19(18)28-14)15-3-5-21-17(10-15)13-29(8-9-31-21)24(30)22-12-20-23(32-22)26-7-6-25-20/h2-7,10-12H,8-9,13H2,1H3,(H,27,28). The van der Waals surface area contributed by atoms with Crippen LogP contribution >= 0.6 is 11.3 Å². The van der Waals surface area contributed by atoms with Gasteiger partial charge in [0, 0.05) is 24.5 Å². The van der Waals surface area contributed by atoms with Gasteiger partial charge >= 0.3 is 0 Å². The maximum atomic E-state index is 13.2. The Kier molecular flexibility index (Phi) is 4.39. The van der Waals surface area contributed by atoms with Crippen LogP contribution in [0.25, 0.3) is 32.5 Å². The molecule has 0 saturated heterocycles. The zero-order valence-corrected chi connectivity index (χ0v) is 18.1. The molecule has 0 spiro atoms. The number of carbonyl (C=O) groups excluding carboxylic acids is 1. The average molecular weight is 442 g/mol. The minimum absolute atomic E-state index is 0.0222. The summed E-state index contributed by atoms with van der Waals surface area (Å²) in [4.78, 5) is 32.9. The summed E-state index contributed by atoms with van der Waals surface area (Å²) in [5.74, 6) is 1.70. The second-order valence-corrected chi connectivity index (χ2v) is 8.84. The highest BCUT2D eigenvalue weighted by molar-refractivity contribution is 7.20. The number of aromatic amines is 1. The van der Waals surface area contributed by atoms with Gasteiger partial charge in [0.25, 0.3) is 5.91 Å². The fourth-order valence-electron chi connectivity index (χ4n) is 4.10. The number of ether oxygens (including phenoxy) is 1. The van der Waals surface area contributed by atoms with Crippen molar-refractivity contribution in [3.05, 3.63) is 71.1 Å². The summed E-state index contributed by atoms with van der Waals surface area (Å²) in [5, 5.41) is 0. The SMILES string of the molecule is Cc1nc2ccc(-c3ccc4c(c3)CN(C(=O)c3cc5nccnc5s3)CCO4)cc2[nH]1. The molecule has 0 atom stereocenters. The zero-order chi connectivity index (χ0) is 21.7. The van der Waals surface area contributed by atoms with E-state index in [1.807, 2.05) is 30.0 Å². The second-order valence-electron chi connectivity index (χ2n) is 7.81. The Morgan fingerprint density at radius 2 is 1.91 bits per heavy atom. The Morgan fingerprint density at radius 1 is 1.06 bits per heavy atom. The van der Waals surface area contributed by atoms with Crippen molar-refractivity contribution in [1.82, 2.24) is 24.8 Å². The van der Waals surface area contributed by atoms with Crippen LogP contribution in [0.2, 0.25) is 0 Å². The topological polar surface area (TPSA) is 84.0 Å². The molecule has 7 nitrogen and oxygen atoms in total. The largest absolute Gasteiger partial charge is 0.491 e. The molecule has 1 aliphatic heterocycles. The summed E-state index contributed by atoms with van der Waals surface area (Å²) in [6.45, 7) is 3.42. The first-order valence-corrected chi connectivity index (χ1v) is 11.2. The molecule has 0 radical (unpaired) electrons. The molecule has 5 aromatic rings. The van der Waals surface area contributed by atoms with Crippen molar-refractivity contribution in [2.75, 3.05) is 13.2 Å². The number of H-pyrrole nitrogens is 1. The van der Waals surface area contributed by atoms with Crippen LogP contribution in [-0.2, 0) is 6.54 Å². The number of hydrogen-bond donors (Lipinski definition) is 1. The van der Waals surface area contributed by atoms with Crippen molar-refractivity contribution in [1.29, 1.82) is 0 Å². The molecular formula is C24H19N5O2S. The molecule has 158 valence electrons. The second kappa shape index (κ2) is 7.42. The number of aryl methyl sites for hydroxylation is 1. The minimum atomic E-state index is -0.0222. The normalized spacial score (nSPS) is 13.7. The number of imidazole rings is 1. The number of rotatable bonds is 2. The lowest BCUT2D eigenvalue weighted by molar-refractivity contribution is 0.0738. The highest BCUT2D eigenvalue weighted by Gasteiger charge is 2.23. The lowest BCUT2D eigenvalue weighted by Gasteiger charge is -2.19. The number of nitrogens with zero attached hydrogens (tertiary/aromatic N) is 4. The molecule has 1 N–H and O–H groups in total. The van der Waals surface area contributed by atoms with Crippen LogP contribution in [-0.4, -0.2) is 43.9 Å². The molecule has 0 aliphatic carbocycles. The molecule has 1 amide bonds. The first-order valence-electron chi connectivity index (χ1n) is 10.4. The van der Waals surface area contributed by atoms with Gasteiger partial charge in [-0.15, -0.1) is 11.3 Å². The average Bonchev–Trinajstić information content (AvgIpc) is 3.33. The predicted molar refractivity (Wildman–Crippen MR) is 124 cm³/mol. The lowest BCUT2D eigenvalue weighted by atomic mass is 10.0. The van der Waals surface area contributed by atoms with E-state index < -0.39 is 0 Å². The third-order valence-electron chi connectivity index (χ3n) is 5.64. The van der Waals surface area contributed by atoms with Gasteiger partial charge in [0.1, 0.15) is 28.5 Å². The highest BCUT2D eigenvalue weighted by atomic mass is 32.1.